The number of amides is 2. The van der Waals surface area contributed by atoms with E-state index in [9.17, 15) is 19.2 Å². The Balaban J connectivity index is 3.15. The zero-order chi connectivity index (χ0) is 34.4. The lowest BCUT2D eigenvalue weighted by Gasteiger charge is -2.31. The summed E-state index contributed by atoms with van der Waals surface area (Å²) < 4.78 is 17.0. The summed E-state index contributed by atoms with van der Waals surface area (Å²) in [7, 11) is 7.05. The summed E-state index contributed by atoms with van der Waals surface area (Å²) in [5.41, 5.74) is 13.1. The number of hydrogen-bond acceptors (Lipinski definition) is 9. The average molecular weight is 631 g/mol. The van der Waals surface area contributed by atoms with Crippen molar-refractivity contribution in [3.63, 3.8) is 0 Å². The lowest BCUT2D eigenvalue weighted by atomic mass is 9.81. The quantitative estimate of drug-likeness (QED) is 0.0837. The summed E-state index contributed by atoms with van der Waals surface area (Å²) in [5.74, 6) is -0.746. The van der Waals surface area contributed by atoms with Crippen LogP contribution in [0.3, 0.4) is 0 Å². The number of carbonyl (C=O) groups excluding carboxylic acids is 4. The van der Waals surface area contributed by atoms with Crippen molar-refractivity contribution in [3.05, 3.63) is 58.4 Å². The molecule has 1 rings (SSSR count). The third-order valence-corrected chi connectivity index (χ3v) is 8.12. The van der Waals surface area contributed by atoms with Gasteiger partial charge in [0.15, 0.2) is 11.9 Å². The molecule has 6 atom stereocenters. The molecule has 45 heavy (non-hydrogen) atoms. The van der Waals surface area contributed by atoms with Gasteiger partial charge in [-0.05, 0) is 77.1 Å². The largest absolute Gasteiger partial charge is 0.439 e. The number of likely N-dealkylation sites (N-methyl/N-ethyl adjacent to an activating group) is 1. The molecule has 1 aliphatic carbocycles. The normalized spacial score (nSPS) is 18.9. The molecule has 0 saturated carbocycles. The number of carbonyl (C=O) groups is 4. The van der Waals surface area contributed by atoms with Crippen LogP contribution < -0.4 is 16.8 Å². The number of hydrogen-bond donors (Lipinski definition) is 3. The monoisotopic (exact) mass is 630 g/mol. The second-order valence-corrected chi connectivity index (χ2v) is 12.2. The van der Waals surface area contributed by atoms with Crippen molar-refractivity contribution in [1.82, 2.24) is 10.2 Å². The number of rotatable bonds is 19. The summed E-state index contributed by atoms with van der Waals surface area (Å²) in [6.45, 7) is 12.6. The van der Waals surface area contributed by atoms with Crippen molar-refractivity contribution in [2.24, 2.45) is 29.2 Å². The van der Waals surface area contributed by atoms with Gasteiger partial charge in [-0.25, -0.2) is 4.79 Å². The highest BCUT2D eigenvalue weighted by Gasteiger charge is 2.31. The molecular weight excluding hydrogens is 576 g/mol. The number of ether oxygens (including phenoxy) is 3. The second kappa shape index (κ2) is 19.1. The third kappa shape index (κ3) is 12.8. The molecule has 0 aromatic carbocycles. The Morgan fingerprint density at radius 1 is 1.07 bits per heavy atom. The number of nitrogens with zero attached hydrogens (tertiary/aromatic N) is 1. The highest BCUT2D eigenvalue weighted by molar-refractivity contribution is 6.22. The lowest BCUT2D eigenvalue weighted by molar-refractivity contribution is -0.116. The maximum absolute atomic E-state index is 13.1. The van der Waals surface area contributed by atoms with E-state index in [-0.39, 0.29) is 35.4 Å². The van der Waals surface area contributed by atoms with E-state index in [1.807, 2.05) is 32.0 Å². The van der Waals surface area contributed by atoms with E-state index in [1.165, 1.54) is 13.2 Å². The molecule has 0 radical (unpaired) electrons. The Labute approximate surface area is 268 Å². The Morgan fingerprint density at radius 3 is 2.24 bits per heavy atom. The van der Waals surface area contributed by atoms with Gasteiger partial charge in [0.05, 0.1) is 11.8 Å². The zero-order valence-electron chi connectivity index (χ0n) is 28.6. The Morgan fingerprint density at radius 2 is 1.71 bits per heavy atom. The molecule has 0 heterocycles. The minimum absolute atomic E-state index is 0.00911. The van der Waals surface area contributed by atoms with Crippen LogP contribution in [0.5, 0.6) is 0 Å². The number of nitrogens with two attached hydrogens (primary N) is 2. The van der Waals surface area contributed by atoms with Crippen molar-refractivity contribution in [3.8, 4) is 0 Å². The molecule has 0 saturated heterocycles. The van der Waals surface area contributed by atoms with Crippen LogP contribution in [0.15, 0.2) is 58.4 Å². The molecule has 0 bridgehead atoms. The third-order valence-electron chi connectivity index (χ3n) is 8.12. The molecule has 0 fully saturated rings. The summed E-state index contributed by atoms with van der Waals surface area (Å²) in [4.78, 5) is 51.1. The summed E-state index contributed by atoms with van der Waals surface area (Å²) in [6, 6.07) is 0. The van der Waals surface area contributed by atoms with Crippen LogP contribution in [-0.4, -0.2) is 88.2 Å². The molecule has 0 aromatic heterocycles. The fourth-order valence-corrected chi connectivity index (χ4v) is 5.22. The van der Waals surface area contributed by atoms with Crippen LogP contribution in [0.4, 0.5) is 4.79 Å². The maximum atomic E-state index is 13.1. The summed E-state index contributed by atoms with van der Waals surface area (Å²) in [6.07, 6.45) is 6.76. The van der Waals surface area contributed by atoms with E-state index in [4.69, 9.17) is 25.7 Å². The first-order valence-electron chi connectivity index (χ1n) is 15.3. The Kier molecular flexibility index (Phi) is 16.7. The van der Waals surface area contributed by atoms with Crippen molar-refractivity contribution in [2.45, 2.75) is 72.7 Å². The van der Waals surface area contributed by atoms with Crippen LogP contribution in [0.2, 0.25) is 0 Å². The Bertz CT molecular complexity index is 1210. The standard InChI is InChI=1S/C34H54N4O7/c1-20(16-26-30(37-14-15-38(7)8)27(39)19-23(4)31(26)40)17-29(44-10)25(6)22(3)18-24(5)32(45-34(36)42)28(43-9)13-11-12-21(2)33(35)41/h11-13,18-20,22,25,28-29,32,37H,14-17H2,1-10H3,(H2,35,41)(H2,36,42)/b13-11-,21-12+,24-18+/t20-,22+,25-,28+,29+,32+/m1/s1. The minimum Gasteiger partial charge on any atom is -0.439 e. The predicted octanol–water partition coefficient (Wildman–Crippen LogP) is 3.61. The van der Waals surface area contributed by atoms with Crippen LogP contribution in [0.1, 0.15) is 54.4 Å². The van der Waals surface area contributed by atoms with Gasteiger partial charge in [-0.3, -0.25) is 14.4 Å². The first-order valence-corrected chi connectivity index (χ1v) is 15.3. The van der Waals surface area contributed by atoms with E-state index in [1.54, 1.807) is 39.2 Å². The van der Waals surface area contributed by atoms with Gasteiger partial charge in [0.1, 0.15) is 6.10 Å². The maximum Gasteiger partial charge on any atom is 0.405 e. The number of ketones is 2. The summed E-state index contributed by atoms with van der Waals surface area (Å²) in [5, 5.41) is 3.20. The number of primary amides is 2. The van der Waals surface area contributed by atoms with Gasteiger partial charge in [-0.2, -0.15) is 0 Å². The highest BCUT2D eigenvalue weighted by atomic mass is 16.6. The smallest absolute Gasteiger partial charge is 0.405 e. The minimum atomic E-state index is -0.943. The molecule has 11 nitrogen and oxygen atoms in total. The van der Waals surface area contributed by atoms with E-state index < -0.39 is 24.2 Å². The van der Waals surface area contributed by atoms with E-state index in [0.717, 1.165) is 12.1 Å². The van der Waals surface area contributed by atoms with Gasteiger partial charge in [0.25, 0.3) is 0 Å². The van der Waals surface area contributed by atoms with Gasteiger partial charge in [-0.1, -0.05) is 45.1 Å². The number of nitrogens with one attached hydrogen (secondary N) is 1. The van der Waals surface area contributed by atoms with Gasteiger partial charge in [-0.15, -0.1) is 0 Å². The average Bonchev–Trinajstić information content (AvgIpc) is 2.96. The molecule has 252 valence electrons. The van der Waals surface area contributed by atoms with Gasteiger partial charge in [0, 0.05) is 44.0 Å². The molecule has 5 N–H and O–H groups in total. The van der Waals surface area contributed by atoms with Crippen LogP contribution in [0.25, 0.3) is 0 Å². The molecule has 0 unspecified atom stereocenters. The molecular formula is C34H54N4O7. The predicted molar refractivity (Wildman–Crippen MR) is 176 cm³/mol. The number of Topliss-reactive ketones (excluding diaryl/α,β-unsaturated/α-hetero) is 1. The second-order valence-electron chi connectivity index (χ2n) is 12.2. The molecule has 0 aromatic rings. The molecule has 0 spiro atoms. The first-order chi connectivity index (χ1) is 21.0. The lowest BCUT2D eigenvalue weighted by Crippen LogP contribution is -2.35. The topological polar surface area (TPSA) is 163 Å². The van der Waals surface area contributed by atoms with Crippen LogP contribution in [0, 0.1) is 17.8 Å². The van der Waals surface area contributed by atoms with E-state index in [0.29, 0.717) is 41.8 Å². The SMILES string of the molecule is CO[C@@H](/C=C\C=C(/C)C(N)=O)[C@@H](OC(N)=O)/C(C)=C/[C@H](C)[C@@H](C)[C@H](C[C@H](C)CC1=C(NCCN(C)C)C(=O)C=C(C)C1=O)OC. The fraction of sp³-hybridized carbons (Fsp3) is 0.588. The van der Waals surface area contributed by atoms with Gasteiger partial charge < -0.3 is 35.9 Å². The van der Waals surface area contributed by atoms with Crippen molar-refractivity contribution in [1.29, 1.82) is 0 Å². The van der Waals surface area contributed by atoms with Crippen LogP contribution in [-0.2, 0) is 28.6 Å². The highest BCUT2D eigenvalue weighted by Crippen LogP contribution is 2.31. The van der Waals surface area contributed by atoms with Crippen molar-refractivity contribution >= 4 is 23.6 Å². The summed E-state index contributed by atoms with van der Waals surface area (Å²) >= 11 is 0. The Hall–Kier alpha value is -3.54. The van der Waals surface area contributed by atoms with Crippen molar-refractivity contribution in [2.75, 3.05) is 41.4 Å². The van der Waals surface area contributed by atoms with Gasteiger partial charge in [0.2, 0.25) is 11.7 Å². The molecule has 1 aliphatic rings. The van der Waals surface area contributed by atoms with E-state index >= 15 is 0 Å². The van der Waals surface area contributed by atoms with Crippen molar-refractivity contribution < 1.29 is 33.4 Å². The van der Waals surface area contributed by atoms with Gasteiger partial charge >= 0.3 is 6.09 Å². The first kappa shape index (κ1) is 39.5. The number of methoxy groups -OCH3 is 2. The molecule has 11 heteroatoms. The molecule has 0 aliphatic heterocycles. The van der Waals surface area contributed by atoms with Crippen LogP contribution >= 0.6 is 0 Å². The fourth-order valence-electron chi connectivity index (χ4n) is 5.22. The zero-order valence-corrected chi connectivity index (χ0v) is 28.6. The molecule has 2 amide bonds. The number of allylic oxidation sites excluding steroid dienone is 6. The van der Waals surface area contributed by atoms with E-state index in [2.05, 4.69) is 26.1 Å².